The molecule has 0 spiro atoms. The molecule has 1 unspecified atom stereocenters. The fraction of sp³-hybridized carbons (Fsp3) is 0.357. The van der Waals surface area contributed by atoms with E-state index >= 15 is 0 Å². The first-order chi connectivity index (χ1) is 9.90. The van der Waals surface area contributed by atoms with Crippen molar-refractivity contribution in [3.05, 3.63) is 35.9 Å². The number of amides is 1. The third-order valence-electron chi connectivity index (χ3n) is 2.76. The highest BCUT2D eigenvalue weighted by atomic mass is 16.6. The minimum atomic E-state index is -1.31. The van der Waals surface area contributed by atoms with E-state index in [4.69, 9.17) is 14.9 Å². The molecule has 0 aliphatic heterocycles. The minimum Gasteiger partial charge on any atom is -0.481 e. The highest BCUT2D eigenvalue weighted by molar-refractivity contribution is 5.77. The predicted molar refractivity (Wildman–Crippen MR) is 72.9 cm³/mol. The van der Waals surface area contributed by atoms with Crippen LogP contribution < -0.4 is 0 Å². The zero-order valence-electron chi connectivity index (χ0n) is 11.6. The number of carbonyl (C=O) groups excluding carboxylic acids is 1. The Kier molecular flexibility index (Phi) is 6.19. The Balaban J connectivity index is 2.60. The van der Waals surface area contributed by atoms with E-state index in [0.29, 0.717) is 0 Å². The molecular weight excluding hydrogens is 278 g/mol. The van der Waals surface area contributed by atoms with Gasteiger partial charge in [0.15, 0.2) is 0 Å². The number of aliphatic carboxylic acids is 2. The van der Waals surface area contributed by atoms with Crippen molar-refractivity contribution in [2.24, 2.45) is 0 Å². The van der Waals surface area contributed by atoms with Crippen LogP contribution in [0.15, 0.2) is 30.3 Å². The number of benzene rings is 1. The lowest BCUT2D eigenvalue weighted by molar-refractivity contribution is -0.147. The number of ether oxygens (including phenoxy) is 1. The van der Waals surface area contributed by atoms with Crippen LogP contribution in [-0.4, -0.2) is 52.8 Å². The minimum absolute atomic E-state index is 0.0498. The molecule has 7 nitrogen and oxygen atoms in total. The second kappa shape index (κ2) is 7.88. The highest BCUT2D eigenvalue weighted by Crippen LogP contribution is 2.08. The van der Waals surface area contributed by atoms with E-state index in [1.54, 1.807) is 30.3 Å². The van der Waals surface area contributed by atoms with Crippen LogP contribution in [0.2, 0.25) is 0 Å². The van der Waals surface area contributed by atoms with Gasteiger partial charge in [-0.25, -0.2) is 9.59 Å². The Bertz CT molecular complexity index is 501. The number of nitrogens with zero attached hydrogens (tertiary/aromatic N) is 1. The third-order valence-corrected chi connectivity index (χ3v) is 2.76. The molecule has 0 aromatic heterocycles. The van der Waals surface area contributed by atoms with Crippen molar-refractivity contribution in [3.8, 4) is 0 Å². The summed E-state index contributed by atoms with van der Waals surface area (Å²) in [5, 5.41) is 17.6. The molecule has 1 rings (SSSR count). The van der Waals surface area contributed by atoms with Gasteiger partial charge < -0.3 is 19.8 Å². The van der Waals surface area contributed by atoms with Crippen LogP contribution in [0, 0.1) is 0 Å². The number of hydrogen-bond acceptors (Lipinski definition) is 4. The monoisotopic (exact) mass is 295 g/mol. The quantitative estimate of drug-likeness (QED) is 0.784. The summed E-state index contributed by atoms with van der Waals surface area (Å²) in [6.45, 7) is -0.0498. The summed E-state index contributed by atoms with van der Waals surface area (Å²) in [7, 11) is 1.35. The average Bonchev–Trinajstić information content (AvgIpc) is 2.44. The van der Waals surface area contributed by atoms with Crippen LogP contribution in [0.3, 0.4) is 0 Å². The molecule has 1 aromatic carbocycles. The summed E-state index contributed by atoms with van der Waals surface area (Å²) in [6.07, 6.45) is -2.36. The Morgan fingerprint density at radius 2 is 1.81 bits per heavy atom. The SMILES string of the molecule is CN(CCC(=O)O)C(=O)OC(Cc1ccccc1)C(=O)O. The van der Waals surface area contributed by atoms with Crippen molar-refractivity contribution < 1.29 is 29.3 Å². The van der Waals surface area contributed by atoms with Gasteiger partial charge >= 0.3 is 18.0 Å². The van der Waals surface area contributed by atoms with Crippen LogP contribution in [0.5, 0.6) is 0 Å². The van der Waals surface area contributed by atoms with Crippen molar-refractivity contribution in [1.82, 2.24) is 4.90 Å². The molecule has 0 fully saturated rings. The second-order valence-electron chi connectivity index (χ2n) is 4.47. The van der Waals surface area contributed by atoms with Crippen LogP contribution in [-0.2, 0) is 20.7 Å². The first kappa shape index (κ1) is 16.5. The molecule has 1 aromatic rings. The summed E-state index contributed by atoms with van der Waals surface area (Å²) in [4.78, 5) is 34.3. The van der Waals surface area contributed by atoms with E-state index in [1.165, 1.54) is 7.05 Å². The molecule has 0 saturated heterocycles. The lowest BCUT2D eigenvalue weighted by Gasteiger charge is -2.19. The fourth-order valence-corrected chi connectivity index (χ4v) is 1.57. The van der Waals surface area contributed by atoms with E-state index in [0.717, 1.165) is 10.5 Å². The summed E-state index contributed by atoms with van der Waals surface area (Å²) in [5.74, 6) is -2.30. The van der Waals surface area contributed by atoms with Gasteiger partial charge in [-0.2, -0.15) is 0 Å². The Labute approximate surface area is 121 Å². The standard InChI is InChI=1S/C14H17NO6/c1-15(8-7-12(16)17)14(20)21-11(13(18)19)9-10-5-3-2-4-6-10/h2-6,11H,7-9H2,1H3,(H,16,17)(H,18,19). The Morgan fingerprint density at radius 3 is 2.33 bits per heavy atom. The van der Waals surface area contributed by atoms with Gasteiger partial charge in [-0.1, -0.05) is 30.3 Å². The molecule has 7 heteroatoms. The molecular formula is C14H17NO6. The van der Waals surface area contributed by atoms with Crippen LogP contribution in [0.25, 0.3) is 0 Å². The fourth-order valence-electron chi connectivity index (χ4n) is 1.57. The summed E-state index contributed by atoms with van der Waals surface area (Å²) >= 11 is 0. The van der Waals surface area contributed by atoms with E-state index in [9.17, 15) is 14.4 Å². The topological polar surface area (TPSA) is 104 Å². The summed E-state index contributed by atoms with van der Waals surface area (Å²) < 4.78 is 4.90. The van der Waals surface area contributed by atoms with Crippen molar-refractivity contribution in [3.63, 3.8) is 0 Å². The lowest BCUT2D eigenvalue weighted by atomic mass is 10.1. The number of rotatable bonds is 7. The second-order valence-corrected chi connectivity index (χ2v) is 4.47. The molecule has 0 bridgehead atoms. The van der Waals surface area contributed by atoms with Crippen molar-refractivity contribution >= 4 is 18.0 Å². The molecule has 0 aliphatic rings. The van der Waals surface area contributed by atoms with Crippen molar-refractivity contribution in [2.75, 3.05) is 13.6 Å². The first-order valence-electron chi connectivity index (χ1n) is 6.30. The molecule has 1 atom stereocenters. The average molecular weight is 295 g/mol. The maximum absolute atomic E-state index is 11.7. The summed E-state index contributed by atoms with van der Waals surface area (Å²) in [5.41, 5.74) is 0.728. The van der Waals surface area contributed by atoms with Gasteiger partial charge in [0.25, 0.3) is 0 Å². The van der Waals surface area contributed by atoms with E-state index in [1.807, 2.05) is 0 Å². The number of carbonyl (C=O) groups is 3. The molecule has 2 N–H and O–H groups in total. The van der Waals surface area contributed by atoms with Gasteiger partial charge in [0.05, 0.1) is 6.42 Å². The summed E-state index contributed by atoms with van der Waals surface area (Å²) in [6, 6.07) is 8.78. The van der Waals surface area contributed by atoms with Gasteiger partial charge in [-0.05, 0) is 5.56 Å². The van der Waals surface area contributed by atoms with E-state index in [-0.39, 0.29) is 19.4 Å². The van der Waals surface area contributed by atoms with Crippen LogP contribution in [0.1, 0.15) is 12.0 Å². The van der Waals surface area contributed by atoms with Gasteiger partial charge in [0.2, 0.25) is 6.10 Å². The zero-order chi connectivity index (χ0) is 15.8. The van der Waals surface area contributed by atoms with E-state index in [2.05, 4.69) is 0 Å². The van der Waals surface area contributed by atoms with Crippen molar-refractivity contribution in [1.29, 1.82) is 0 Å². The molecule has 21 heavy (non-hydrogen) atoms. The molecule has 1 amide bonds. The van der Waals surface area contributed by atoms with Gasteiger partial charge in [0.1, 0.15) is 0 Å². The highest BCUT2D eigenvalue weighted by Gasteiger charge is 2.24. The smallest absolute Gasteiger partial charge is 0.410 e. The molecule has 0 heterocycles. The van der Waals surface area contributed by atoms with Gasteiger partial charge in [-0.3, -0.25) is 4.79 Å². The largest absolute Gasteiger partial charge is 0.481 e. The van der Waals surface area contributed by atoms with E-state index < -0.39 is 24.1 Å². The number of hydrogen-bond donors (Lipinski definition) is 2. The lowest BCUT2D eigenvalue weighted by Crippen LogP contribution is -2.36. The predicted octanol–water partition coefficient (Wildman–Crippen LogP) is 1.23. The maximum Gasteiger partial charge on any atom is 0.410 e. The molecule has 0 aliphatic carbocycles. The van der Waals surface area contributed by atoms with Gasteiger partial charge in [0, 0.05) is 20.0 Å². The molecule has 114 valence electrons. The van der Waals surface area contributed by atoms with Crippen LogP contribution in [0.4, 0.5) is 4.79 Å². The number of carboxylic acid groups (broad SMARTS) is 2. The van der Waals surface area contributed by atoms with Crippen LogP contribution >= 0.6 is 0 Å². The Morgan fingerprint density at radius 1 is 1.19 bits per heavy atom. The normalized spacial score (nSPS) is 11.5. The third kappa shape index (κ3) is 5.94. The van der Waals surface area contributed by atoms with Gasteiger partial charge in [-0.15, -0.1) is 0 Å². The Hall–Kier alpha value is -2.57. The van der Waals surface area contributed by atoms with Crippen molar-refractivity contribution in [2.45, 2.75) is 18.9 Å². The molecule has 0 radical (unpaired) electrons. The molecule has 0 saturated carbocycles. The first-order valence-corrected chi connectivity index (χ1v) is 6.30. The maximum atomic E-state index is 11.7. The zero-order valence-corrected chi connectivity index (χ0v) is 11.6. The number of carboxylic acids is 2.